The normalized spacial score (nSPS) is 17.0. The number of aromatic nitrogens is 4. The zero-order valence-corrected chi connectivity index (χ0v) is 15.8. The zero-order chi connectivity index (χ0) is 19.7. The number of nitrogens with zero attached hydrogens (tertiary/aromatic N) is 4. The molecule has 1 fully saturated rings. The molecule has 3 aromatic rings. The van der Waals surface area contributed by atoms with E-state index in [0.29, 0.717) is 35.1 Å². The van der Waals surface area contributed by atoms with Crippen molar-refractivity contribution in [1.29, 1.82) is 0 Å². The Balaban J connectivity index is 1.60. The maximum atomic E-state index is 14.3. The number of hydrogen-bond donors (Lipinski definition) is 2. The number of methoxy groups -OCH3 is 1. The van der Waals surface area contributed by atoms with Gasteiger partial charge in [-0.2, -0.15) is 0 Å². The van der Waals surface area contributed by atoms with Crippen molar-refractivity contribution >= 4 is 34.5 Å². The zero-order valence-electron chi connectivity index (χ0n) is 15.1. The number of pyridine rings is 1. The third kappa shape index (κ3) is 3.57. The Morgan fingerprint density at radius 1 is 1.43 bits per heavy atom. The molecule has 0 bridgehead atoms. The minimum absolute atomic E-state index is 0.0889. The van der Waals surface area contributed by atoms with Crippen molar-refractivity contribution in [1.82, 2.24) is 24.8 Å². The first-order valence-electron chi connectivity index (χ1n) is 8.80. The standard InChI is InChI=1S/C18H18ClFN6O2/c1-28-18(27)26-4-2-3-11(9-26)24-17-14(20)8-23-16(25-17)13-7-22-15-12(13)5-10(19)6-21-15/h5-8,11H,2-4,9H2,1H3,(H,21,22)(H,23,24,25). The molecule has 0 aliphatic carbocycles. The van der Waals surface area contributed by atoms with Gasteiger partial charge in [0.1, 0.15) is 5.65 Å². The lowest BCUT2D eigenvalue weighted by atomic mass is 10.1. The summed E-state index contributed by atoms with van der Waals surface area (Å²) in [7, 11) is 1.35. The van der Waals surface area contributed by atoms with Gasteiger partial charge in [0.2, 0.25) is 0 Å². The number of carbonyl (C=O) groups is 1. The molecule has 3 aromatic heterocycles. The van der Waals surface area contributed by atoms with Gasteiger partial charge in [0, 0.05) is 42.5 Å². The molecular weight excluding hydrogens is 387 g/mol. The van der Waals surface area contributed by atoms with Crippen molar-refractivity contribution < 1.29 is 13.9 Å². The quantitative estimate of drug-likeness (QED) is 0.694. The molecule has 8 nitrogen and oxygen atoms in total. The summed E-state index contributed by atoms with van der Waals surface area (Å²) in [5.74, 6) is -0.124. The number of amides is 1. The Kier molecular flexibility index (Phi) is 4.99. The first-order chi connectivity index (χ1) is 13.5. The smallest absolute Gasteiger partial charge is 0.409 e. The molecule has 1 atom stereocenters. The Hall–Kier alpha value is -2.94. The molecule has 1 unspecified atom stereocenters. The van der Waals surface area contributed by atoms with E-state index in [4.69, 9.17) is 16.3 Å². The highest BCUT2D eigenvalue weighted by atomic mass is 35.5. The van der Waals surface area contributed by atoms with Crippen LogP contribution >= 0.6 is 11.6 Å². The number of anilines is 1. The number of rotatable bonds is 3. The SMILES string of the molecule is COC(=O)N1CCCC(Nc2nc(-c3c[nH]c4ncc(Cl)cc34)ncc2F)C1. The summed E-state index contributed by atoms with van der Waals surface area (Å²) in [6.45, 7) is 1.03. The number of halogens is 2. The van der Waals surface area contributed by atoms with Crippen molar-refractivity contribution in [3.63, 3.8) is 0 Å². The van der Waals surface area contributed by atoms with E-state index in [0.717, 1.165) is 24.4 Å². The maximum absolute atomic E-state index is 14.3. The van der Waals surface area contributed by atoms with Gasteiger partial charge in [-0.3, -0.25) is 0 Å². The number of H-pyrrole nitrogens is 1. The van der Waals surface area contributed by atoms with Crippen molar-refractivity contribution in [2.24, 2.45) is 0 Å². The summed E-state index contributed by atoms with van der Waals surface area (Å²) < 4.78 is 19.1. The Labute approximate surface area is 165 Å². The second-order valence-corrected chi connectivity index (χ2v) is 6.98. The highest BCUT2D eigenvalue weighted by Gasteiger charge is 2.25. The van der Waals surface area contributed by atoms with E-state index in [1.54, 1.807) is 23.4 Å². The van der Waals surface area contributed by atoms with Crippen LogP contribution in [-0.2, 0) is 4.74 Å². The molecule has 1 aliphatic heterocycles. The van der Waals surface area contributed by atoms with Gasteiger partial charge >= 0.3 is 6.09 Å². The molecule has 4 rings (SSSR count). The predicted octanol–water partition coefficient (Wildman–Crippen LogP) is 3.46. The fraction of sp³-hybridized carbons (Fsp3) is 0.333. The Morgan fingerprint density at radius 2 is 2.29 bits per heavy atom. The van der Waals surface area contributed by atoms with Gasteiger partial charge in [-0.15, -0.1) is 0 Å². The molecule has 1 aliphatic rings. The molecule has 146 valence electrons. The van der Waals surface area contributed by atoms with E-state index >= 15 is 0 Å². The van der Waals surface area contributed by atoms with Crippen LogP contribution in [0, 0.1) is 5.82 Å². The maximum Gasteiger partial charge on any atom is 0.409 e. The van der Waals surface area contributed by atoms with Crippen LogP contribution in [-0.4, -0.2) is 57.2 Å². The highest BCUT2D eigenvalue weighted by Crippen LogP contribution is 2.28. The number of carbonyl (C=O) groups excluding carboxylic acids is 1. The molecule has 2 N–H and O–H groups in total. The number of fused-ring (bicyclic) bond motifs is 1. The van der Waals surface area contributed by atoms with Gasteiger partial charge in [0.05, 0.1) is 18.3 Å². The average Bonchev–Trinajstić information content (AvgIpc) is 3.12. The van der Waals surface area contributed by atoms with Crippen LogP contribution in [0.2, 0.25) is 5.02 Å². The summed E-state index contributed by atoms with van der Waals surface area (Å²) in [5.41, 5.74) is 1.32. The summed E-state index contributed by atoms with van der Waals surface area (Å²) in [6.07, 6.45) is 5.57. The molecule has 0 spiro atoms. The topological polar surface area (TPSA) is 96.0 Å². The van der Waals surface area contributed by atoms with Crippen LogP contribution in [0.1, 0.15) is 12.8 Å². The van der Waals surface area contributed by atoms with Crippen molar-refractivity contribution in [3.05, 3.63) is 35.5 Å². The van der Waals surface area contributed by atoms with Crippen LogP contribution in [0.25, 0.3) is 22.4 Å². The second kappa shape index (κ2) is 7.59. The van der Waals surface area contributed by atoms with E-state index in [1.165, 1.54) is 7.11 Å². The molecule has 10 heteroatoms. The van der Waals surface area contributed by atoms with Crippen molar-refractivity contribution in [2.75, 3.05) is 25.5 Å². The third-order valence-corrected chi connectivity index (χ3v) is 4.88. The summed E-state index contributed by atoms with van der Waals surface area (Å²) in [4.78, 5) is 29.0. The molecule has 0 radical (unpaired) electrons. The average molecular weight is 405 g/mol. The van der Waals surface area contributed by atoms with Crippen molar-refractivity contribution in [3.8, 4) is 11.4 Å². The van der Waals surface area contributed by atoms with Gasteiger partial charge in [-0.05, 0) is 18.9 Å². The van der Waals surface area contributed by atoms with Crippen LogP contribution in [0.4, 0.5) is 15.0 Å². The number of aromatic amines is 1. The number of nitrogens with one attached hydrogen (secondary N) is 2. The Bertz CT molecular complexity index is 1030. The lowest BCUT2D eigenvalue weighted by molar-refractivity contribution is 0.113. The second-order valence-electron chi connectivity index (χ2n) is 6.54. The lowest BCUT2D eigenvalue weighted by Gasteiger charge is -2.32. The number of likely N-dealkylation sites (tertiary alicyclic amines) is 1. The van der Waals surface area contributed by atoms with Gasteiger partial charge in [-0.25, -0.2) is 24.1 Å². The van der Waals surface area contributed by atoms with Crippen LogP contribution in [0.3, 0.4) is 0 Å². The van der Waals surface area contributed by atoms with Gasteiger partial charge < -0.3 is 19.9 Å². The lowest BCUT2D eigenvalue weighted by Crippen LogP contribution is -2.45. The largest absolute Gasteiger partial charge is 0.453 e. The third-order valence-electron chi connectivity index (χ3n) is 4.68. The van der Waals surface area contributed by atoms with Gasteiger partial charge in [0.25, 0.3) is 0 Å². The minimum atomic E-state index is -0.560. The first-order valence-corrected chi connectivity index (χ1v) is 9.18. The fourth-order valence-electron chi connectivity index (χ4n) is 3.34. The molecule has 4 heterocycles. The van der Waals surface area contributed by atoms with E-state index in [-0.39, 0.29) is 11.9 Å². The van der Waals surface area contributed by atoms with E-state index in [1.807, 2.05) is 0 Å². The predicted molar refractivity (Wildman–Crippen MR) is 103 cm³/mol. The molecule has 1 saturated heterocycles. The number of piperidine rings is 1. The van der Waals surface area contributed by atoms with Gasteiger partial charge in [-0.1, -0.05) is 11.6 Å². The minimum Gasteiger partial charge on any atom is -0.453 e. The highest BCUT2D eigenvalue weighted by molar-refractivity contribution is 6.31. The summed E-state index contributed by atoms with van der Waals surface area (Å²) >= 11 is 6.04. The van der Waals surface area contributed by atoms with Crippen LogP contribution in [0.15, 0.2) is 24.7 Å². The first kappa shape index (κ1) is 18.4. The van der Waals surface area contributed by atoms with Gasteiger partial charge in [0.15, 0.2) is 17.5 Å². The summed E-state index contributed by atoms with van der Waals surface area (Å²) in [6, 6.07) is 1.62. The van der Waals surface area contributed by atoms with E-state index < -0.39 is 11.9 Å². The monoisotopic (exact) mass is 404 g/mol. The van der Waals surface area contributed by atoms with Crippen molar-refractivity contribution in [2.45, 2.75) is 18.9 Å². The molecule has 28 heavy (non-hydrogen) atoms. The van der Waals surface area contributed by atoms with Crippen LogP contribution < -0.4 is 5.32 Å². The van der Waals surface area contributed by atoms with Crippen LogP contribution in [0.5, 0.6) is 0 Å². The van der Waals surface area contributed by atoms with E-state index in [2.05, 4.69) is 25.3 Å². The fourth-order valence-corrected chi connectivity index (χ4v) is 3.50. The molecule has 1 amide bonds. The summed E-state index contributed by atoms with van der Waals surface area (Å²) in [5, 5.41) is 4.33. The number of ether oxygens (including phenoxy) is 1. The molecule has 0 saturated carbocycles. The Morgan fingerprint density at radius 3 is 3.11 bits per heavy atom. The molecular formula is C18H18ClFN6O2. The molecule has 0 aromatic carbocycles. The van der Waals surface area contributed by atoms with E-state index in [9.17, 15) is 9.18 Å². The number of hydrogen-bond acceptors (Lipinski definition) is 6.